The highest BCUT2D eigenvalue weighted by Gasteiger charge is 2.10. The van der Waals surface area contributed by atoms with Crippen LogP contribution in [0.3, 0.4) is 0 Å². The zero-order chi connectivity index (χ0) is 21.9. The highest BCUT2D eigenvalue weighted by molar-refractivity contribution is 5.83. The SMILES string of the molecule is COc1ccc2c(Cc3ccc(OCc4cn5ccccc5n4)c(OC)c3)ccnc2c1. The molecule has 0 N–H and O–H groups in total. The van der Waals surface area contributed by atoms with Crippen LogP contribution in [0.1, 0.15) is 16.8 Å². The quantitative estimate of drug-likeness (QED) is 0.364. The van der Waals surface area contributed by atoms with E-state index in [1.165, 1.54) is 5.56 Å². The summed E-state index contributed by atoms with van der Waals surface area (Å²) in [5.41, 5.74) is 5.00. The van der Waals surface area contributed by atoms with Crippen molar-refractivity contribution in [3.63, 3.8) is 0 Å². The van der Waals surface area contributed by atoms with Crippen LogP contribution in [0.15, 0.2) is 79.3 Å². The zero-order valence-corrected chi connectivity index (χ0v) is 18.0. The Kier molecular flexibility index (Phi) is 5.34. The molecule has 5 rings (SSSR count). The molecule has 0 spiro atoms. The highest BCUT2D eigenvalue weighted by Crippen LogP contribution is 2.31. The molecule has 3 heterocycles. The Labute approximate surface area is 186 Å². The van der Waals surface area contributed by atoms with E-state index in [0.717, 1.165) is 40.0 Å². The molecule has 0 bridgehead atoms. The van der Waals surface area contributed by atoms with Gasteiger partial charge in [0.1, 0.15) is 18.0 Å². The summed E-state index contributed by atoms with van der Waals surface area (Å²) in [6.07, 6.45) is 6.54. The first-order valence-electron chi connectivity index (χ1n) is 10.4. The number of nitrogens with zero attached hydrogens (tertiary/aromatic N) is 3. The summed E-state index contributed by atoms with van der Waals surface area (Å²) in [7, 11) is 3.32. The molecule has 0 radical (unpaired) electrons. The smallest absolute Gasteiger partial charge is 0.161 e. The van der Waals surface area contributed by atoms with E-state index in [0.29, 0.717) is 18.1 Å². The second-order valence-electron chi connectivity index (χ2n) is 7.50. The van der Waals surface area contributed by atoms with Crippen molar-refractivity contribution in [3.05, 3.63) is 96.1 Å². The molecule has 0 saturated carbocycles. The molecule has 0 unspecified atom stereocenters. The molecule has 0 amide bonds. The fraction of sp³-hybridized carbons (Fsp3) is 0.154. The lowest BCUT2D eigenvalue weighted by atomic mass is 10.0. The summed E-state index contributed by atoms with van der Waals surface area (Å²) < 4.78 is 18.9. The molecule has 6 heteroatoms. The minimum Gasteiger partial charge on any atom is -0.497 e. The van der Waals surface area contributed by atoms with Crippen LogP contribution in [-0.2, 0) is 13.0 Å². The van der Waals surface area contributed by atoms with E-state index in [1.807, 2.05) is 65.5 Å². The van der Waals surface area contributed by atoms with E-state index in [-0.39, 0.29) is 0 Å². The molecule has 6 nitrogen and oxygen atoms in total. The fourth-order valence-electron chi connectivity index (χ4n) is 3.84. The van der Waals surface area contributed by atoms with Crippen molar-refractivity contribution >= 4 is 16.6 Å². The van der Waals surface area contributed by atoms with Gasteiger partial charge >= 0.3 is 0 Å². The molecular formula is C26H23N3O3. The Hall–Kier alpha value is -4.06. The number of fused-ring (bicyclic) bond motifs is 2. The lowest BCUT2D eigenvalue weighted by molar-refractivity contribution is 0.281. The fourth-order valence-corrected chi connectivity index (χ4v) is 3.84. The second kappa shape index (κ2) is 8.59. The first-order chi connectivity index (χ1) is 15.7. The Morgan fingerprint density at radius 1 is 0.906 bits per heavy atom. The number of pyridine rings is 2. The third-order valence-corrected chi connectivity index (χ3v) is 5.45. The van der Waals surface area contributed by atoms with Crippen LogP contribution >= 0.6 is 0 Å². The Bertz CT molecular complexity index is 1360. The molecule has 0 fully saturated rings. The number of hydrogen-bond donors (Lipinski definition) is 0. The van der Waals surface area contributed by atoms with Crippen molar-refractivity contribution in [2.24, 2.45) is 0 Å². The van der Waals surface area contributed by atoms with Gasteiger partial charge in [-0.2, -0.15) is 0 Å². The first kappa shape index (κ1) is 19.9. The average molecular weight is 425 g/mol. The van der Waals surface area contributed by atoms with Gasteiger partial charge in [-0.25, -0.2) is 4.98 Å². The number of hydrogen-bond acceptors (Lipinski definition) is 5. The first-order valence-corrected chi connectivity index (χ1v) is 10.4. The summed E-state index contributed by atoms with van der Waals surface area (Å²) in [4.78, 5) is 9.06. The van der Waals surface area contributed by atoms with E-state index in [1.54, 1.807) is 14.2 Å². The van der Waals surface area contributed by atoms with Gasteiger partial charge < -0.3 is 18.6 Å². The van der Waals surface area contributed by atoms with Crippen LogP contribution < -0.4 is 14.2 Å². The van der Waals surface area contributed by atoms with E-state index in [9.17, 15) is 0 Å². The van der Waals surface area contributed by atoms with Crippen LogP contribution in [0.5, 0.6) is 17.2 Å². The maximum atomic E-state index is 6.02. The number of aromatic nitrogens is 3. The van der Waals surface area contributed by atoms with Gasteiger partial charge in [-0.15, -0.1) is 0 Å². The maximum Gasteiger partial charge on any atom is 0.161 e. The molecule has 2 aromatic carbocycles. The van der Waals surface area contributed by atoms with Crippen LogP contribution in [-0.4, -0.2) is 28.6 Å². The van der Waals surface area contributed by atoms with Gasteiger partial charge in [0.2, 0.25) is 0 Å². The summed E-state index contributed by atoms with van der Waals surface area (Å²) in [6.45, 7) is 0.369. The summed E-state index contributed by atoms with van der Waals surface area (Å²) >= 11 is 0. The van der Waals surface area contributed by atoms with E-state index in [2.05, 4.69) is 28.2 Å². The number of methoxy groups -OCH3 is 2. The standard InChI is InChI=1S/C26H23N3O3/c1-30-21-7-8-22-19(10-11-27-23(22)15-21)13-18-6-9-24(25(14-18)31-2)32-17-20-16-29-12-4-3-5-26(29)28-20/h3-12,14-16H,13,17H2,1-2H3. The van der Waals surface area contributed by atoms with E-state index >= 15 is 0 Å². The van der Waals surface area contributed by atoms with Crippen molar-refractivity contribution < 1.29 is 14.2 Å². The minimum atomic E-state index is 0.369. The van der Waals surface area contributed by atoms with Crippen LogP contribution in [0.2, 0.25) is 0 Å². The van der Waals surface area contributed by atoms with Gasteiger partial charge in [0, 0.05) is 30.0 Å². The van der Waals surface area contributed by atoms with Gasteiger partial charge in [0.05, 0.1) is 25.4 Å². The molecule has 0 aliphatic carbocycles. The van der Waals surface area contributed by atoms with Crippen LogP contribution in [0.25, 0.3) is 16.6 Å². The molecule has 0 atom stereocenters. The largest absolute Gasteiger partial charge is 0.497 e. The topological polar surface area (TPSA) is 57.9 Å². The monoisotopic (exact) mass is 425 g/mol. The third kappa shape index (κ3) is 3.95. The predicted molar refractivity (Wildman–Crippen MR) is 124 cm³/mol. The van der Waals surface area contributed by atoms with Gasteiger partial charge in [-0.05, 0) is 60.0 Å². The lowest BCUT2D eigenvalue weighted by Crippen LogP contribution is -1.99. The van der Waals surface area contributed by atoms with Crippen LogP contribution in [0, 0.1) is 0 Å². The predicted octanol–water partition coefficient (Wildman–Crippen LogP) is 5.07. The third-order valence-electron chi connectivity index (χ3n) is 5.45. The summed E-state index contributed by atoms with van der Waals surface area (Å²) in [5.74, 6) is 2.19. The number of ether oxygens (including phenoxy) is 3. The second-order valence-corrected chi connectivity index (χ2v) is 7.50. The molecule has 3 aromatic heterocycles. The van der Waals surface area contributed by atoms with Gasteiger partial charge in [-0.3, -0.25) is 4.98 Å². The number of rotatable bonds is 7. The molecular weight excluding hydrogens is 402 g/mol. The Morgan fingerprint density at radius 3 is 2.69 bits per heavy atom. The van der Waals surface area contributed by atoms with Crippen molar-refractivity contribution in [1.29, 1.82) is 0 Å². The zero-order valence-electron chi connectivity index (χ0n) is 18.0. The maximum absolute atomic E-state index is 6.02. The van der Waals surface area contributed by atoms with Gasteiger partial charge in [-0.1, -0.05) is 12.1 Å². The minimum absolute atomic E-state index is 0.369. The van der Waals surface area contributed by atoms with Crippen molar-refractivity contribution in [3.8, 4) is 17.2 Å². The normalized spacial score (nSPS) is 11.1. The molecule has 32 heavy (non-hydrogen) atoms. The van der Waals surface area contributed by atoms with E-state index in [4.69, 9.17) is 14.2 Å². The van der Waals surface area contributed by atoms with Gasteiger partial charge in [0.15, 0.2) is 11.5 Å². The Morgan fingerprint density at radius 2 is 1.84 bits per heavy atom. The summed E-state index contributed by atoms with van der Waals surface area (Å²) in [5, 5.41) is 1.11. The lowest BCUT2D eigenvalue weighted by Gasteiger charge is -2.12. The molecule has 160 valence electrons. The number of benzene rings is 2. The molecule has 5 aromatic rings. The van der Waals surface area contributed by atoms with Gasteiger partial charge in [0.25, 0.3) is 0 Å². The molecule has 0 saturated heterocycles. The van der Waals surface area contributed by atoms with Crippen molar-refractivity contribution in [2.75, 3.05) is 14.2 Å². The molecule has 0 aliphatic heterocycles. The van der Waals surface area contributed by atoms with Crippen molar-refractivity contribution in [1.82, 2.24) is 14.4 Å². The van der Waals surface area contributed by atoms with E-state index < -0.39 is 0 Å². The van der Waals surface area contributed by atoms with Crippen molar-refractivity contribution in [2.45, 2.75) is 13.0 Å². The highest BCUT2D eigenvalue weighted by atomic mass is 16.5. The summed E-state index contributed by atoms with van der Waals surface area (Å²) in [6, 6.07) is 20.0. The average Bonchev–Trinajstić information content (AvgIpc) is 3.26. The molecule has 0 aliphatic rings. The number of imidazole rings is 1. The Balaban J connectivity index is 1.36. The van der Waals surface area contributed by atoms with Crippen LogP contribution in [0.4, 0.5) is 0 Å².